The number of hydrazone groups is 1. The molecule has 1 amide bonds. The summed E-state index contributed by atoms with van der Waals surface area (Å²) in [7, 11) is 0. The van der Waals surface area contributed by atoms with Gasteiger partial charge in [-0.25, -0.2) is 9.82 Å². The van der Waals surface area contributed by atoms with E-state index in [4.69, 9.17) is 4.74 Å². The van der Waals surface area contributed by atoms with Gasteiger partial charge in [0.05, 0.1) is 6.21 Å². The van der Waals surface area contributed by atoms with Crippen LogP contribution in [0.2, 0.25) is 0 Å². The van der Waals surface area contributed by atoms with E-state index in [1.54, 1.807) is 18.2 Å². The Labute approximate surface area is 141 Å². The molecule has 0 aliphatic carbocycles. The maximum Gasteiger partial charge on any atom is 0.277 e. The van der Waals surface area contributed by atoms with E-state index >= 15 is 0 Å². The number of hydrogen-bond acceptors (Lipinski definition) is 3. The van der Waals surface area contributed by atoms with E-state index < -0.39 is 11.7 Å². The Hall–Kier alpha value is -2.69. The first-order valence-corrected chi connectivity index (χ1v) is 7.77. The van der Waals surface area contributed by atoms with Gasteiger partial charge in [-0.15, -0.1) is 0 Å². The Bertz CT molecular complexity index is 742. The Balaban J connectivity index is 1.92. The molecule has 0 aromatic heterocycles. The normalized spacial score (nSPS) is 11.0. The molecule has 2 aromatic rings. The van der Waals surface area contributed by atoms with Crippen LogP contribution in [0.4, 0.5) is 4.39 Å². The minimum absolute atomic E-state index is 0.155. The summed E-state index contributed by atoms with van der Waals surface area (Å²) in [6, 6.07) is 12.1. The fraction of sp³-hybridized carbons (Fsp3) is 0.263. The SMILES string of the molecule is Cc1ccc(C(C)C)c(OCC(=O)NN=Cc2ccccc2F)c1. The van der Waals surface area contributed by atoms with Gasteiger partial charge in [-0.2, -0.15) is 5.10 Å². The minimum Gasteiger partial charge on any atom is -0.483 e. The molecule has 0 atom stereocenters. The van der Waals surface area contributed by atoms with Gasteiger partial charge in [-0.3, -0.25) is 4.79 Å². The highest BCUT2D eigenvalue weighted by atomic mass is 19.1. The number of halogens is 1. The summed E-state index contributed by atoms with van der Waals surface area (Å²) in [5, 5.41) is 3.75. The van der Waals surface area contributed by atoms with E-state index in [1.165, 1.54) is 12.3 Å². The van der Waals surface area contributed by atoms with E-state index in [1.807, 2.05) is 25.1 Å². The smallest absolute Gasteiger partial charge is 0.277 e. The Morgan fingerprint density at radius 2 is 2.04 bits per heavy atom. The predicted octanol–water partition coefficient (Wildman–Crippen LogP) is 3.79. The third kappa shape index (κ3) is 4.91. The van der Waals surface area contributed by atoms with Crippen LogP contribution in [0.3, 0.4) is 0 Å². The molecule has 0 aliphatic heterocycles. The number of ether oxygens (including phenoxy) is 1. The highest BCUT2D eigenvalue weighted by Gasteiger charge is 2.10. The highest BCUT2D eigenvalue weighted by molar-refractivity contribution is 5.83. The Morgan fingerprint density at radius 1 is 1.29 bits per heavy atom. The summed E-state index contributed by atoms with van der Waals surface area (Å²) in [4.78, 5) is 11.8. The lowest BCUT2D eigenvalue weighted by molar-refractivity contribution is -0.123. The zero-order valence-corrected chi connectivity index (χ0v) is 14.0. The van der Waals surface area contributed by atoms with Gasteiger partial charge in [0.2, 0.25) is 0 Å². The van der Waals surface area contributed by atoms with Crippen LogP contribution in [0.15, 0.2) is 47.6 Å². The van der Waals surface area contributed by atoms with Crippen LogP contribution < -0.4 is 10.2 Å². The van der Waals surface area contributed by atoms with E-state index in [2.05, 4.69) is 24.4 Å². The van der Waals surface area contributed by atoms with Crippen molar-refractivity contribution >= 4 is 12.1 Å². The zero-order valence-electron chi connectivity index (χ0n) is 14.0. The van der Waals surface area contributed by atoms with Crippen LogP contribution >= 0.6 is 0 Å². The number of nitrogens with one attached hydrogen (secondary N) is 1. The second-order valence-corrected chi connectivity index (χ2v) is 5.80. The third-order valence-electron chi connectivity index (χ3n) is 3.45. The van der Waals surface area contributed by atoms with Gasteiger partial charge in [0.15, 0.2) is 6.61 Å². The second kappa shape index (κ2) is 8.24. The molecule has 0 unspecified atom stereocenters. The summed E-state index contributed by atoms with van der Waals surface area (Å²) in [5.41, 5.74) is 4.74. The Morgan fingerprint density at radius 3 is 2.75 bits per heavy atom. The van der Waals surface area contributed by atoms with Crippen molar-refractivity contribution in [2.45, 2.75) is 26.7 Å². The molecule has 1 N–H and O–H groups in total. The van der Waals surface area contributed by atoms with Gasteiger partial charge < -0.3 is 4.74 Å². The second-order valence-electron chi connectivity index (χ2n) is 5.80. The number of aryl methyl sites for hydroxylation is 1. The quantitative estimate of drug-likeness (QED) is 0.648. The van der Waals surface area contributed by atoms with Gasteiger partial charge in [0, 0.05) is 5.56 Å². The molecule has 2 rings (SSSR count). The van der Waals surface area contributed by atoms with Gasteiger partial charge in [-0.1, -0.05) is 44.2 Å². The van der Waals surface area contributed by atoms with Gasteiger partial charge in [0.1, 0.15) is 11.6 Å². The van der Waals surface area contributed by atoms with Crippen molar-refractivity contribution in [2.75, 3.05) is 6.61 Å². The lowest BCUT2D eigenvalue weighted by Crippen LogP contribution is -2.25. The van der Waals surface area contributed by atoms with Crippen LogP contribution in [0, 0.1) is 12.7 Å². The first kappa shape index (κ1) is 17.7. The largest absolute Gasteiger partial charge is 0.483 e. The summed E-state index contributed by atoms with van der Waals surface area (Å²) in [6.45, 7) is 5.94. The molecule has 0 saturated heterocycles. The number of hydrogen-bond donors (Lipinski definition) is 1. The molecule has 24 heavy (non-hydrogen) atoms. The Kier molecular flexibility index (Phi) is 6.07. The molecule has 126 valence electrons. The predicted molar refractivity (Wildman–Crippen MR) is 92.9 cm³/mol. The maximum absolute atomic E-state index is 13.4. The van der Waals surface area contributed by atoms with E-state index in [9.17, 15) is 9.18 Å². The lowest BCUT2D eigenvalue weighted by Gasteiger charge is -2.14. The van der Waals surface area contributed by atoms with Crippen molar-refractivity contribution in [1.82, 2.24) is 5.43 Å². The number of carbonyl (C=O) groups excluding carboxylic acids is 1. The molecule has 0 heterocycles. The summed E-state index contributed by atoms with van der Waals surface area (Å²) >= 11 is 0. The van der Waals surface area contributed by atoms with Crippen LogP contribution in [-0.2, 0) is 4.79 Å². The number of amides is 1. The maximum atomic E-state index is 13.4. The molecule has 0 radical (unpaired) electrons. The van der Waals surface area contributed by atoms with Crippen molar-refractivity contribution in [1.29, 1.82) is 0 Å². The topological polar surface area (TPSA) is 50.7 Å². The first-order valence-electron chi connectivity index (χ1n) is 7.77. The molecule has 5 heteroatoms. The van der Waals surface area contributed by atoms with Gasteiger partial charge >= 0.3 is 0 Å². The van der Waals surface area contributed by atoms with Crippen molar-refractivity contribution in [2.24, 2.45) is 5.10 Å². The summed E-state index contributed by atoms with van der Waals surface area (Å²) in [5.74, 6) is 0.188. The zero-order chi connectivity index (χ0) is 17.5. The van der Waals surface area contributed by atoms with E-state index in [0.717, 1.165) is 11.1 Å². The van der Waals surface area contributed by atoms with E-state index in [0.29, 0.717) is 17.2 Å². The average molecular weight is 328 g/mol. The van der Waals surface area contributed by atoms with Crippen molar-refractivity contribution in [3.8, 4) is 5.75 Å². The van der Waals surface area contributed by atoms with Crippen LogP contribution in [-0.4, -0.2) is 18.7 Å². The molecular weight excluding hydrogens is 307 g/mol. The standard InChI is InChI=1S/C19H21FN2O2/c1-13(2)16-9-8-14(3)10-18(16)24-12-19(23)22-21-11-15-6-4-5-7-17(15)20/h4-11,13H,12H2,1-3H3,(H,22,23). The average Bonchev–Trinajstić information content (AvgIpc) is 2.54. The number of rotatable bonds is 6. The lowest BCUT2D eigenvalue weighted by atomic mass is 10.0. The number of carbonyl (C=O) groups is 1. The fourth-order valence-electron chi connectivity index (χ4n) is 2.17. The molecule has 4 nitrogen and oxygen atoms in total. The minimum atomic E-state index is -0.404. The van der Waals surface area contributed by atoms with E-state index in [-0.39, 0.29) is 6.61 Å². The van der Waals surface area contributed by atoms with Crippen molar-refractivity contribution < 1.29 is 13.9 Å². The first-order chi connectivity index (χ1) is 11.5. The van der Waals surface area contributed by atoms with Crippen LogP contribution in [0.25, 0.3) is 0 Å². The molecule has 0 bridgehead atoms. The number of nitrogens with zero attached hydrogens (tertiary/aromatic N) is 1. The van der Waals surface area contributed by atoms with Crippen molar-refractivity contribution in [3.63, 3.8) is 0 Å². The van der Waals surface area contributed by atoms with Gasteiger partial charge in [0.25, 0.3) is 5.91 Å². The molecule has 0 saturated carbocycles. The van der Waals surface area contributed by atoms with Crippen molar-refractivity contribution in [3.05, 3.63) is 65.0 Å². The van der Waals surface area contributed by atoms with Crippen LogP contribution in [0.1, 0.15) is 36.5 Å². The number of benzene rings is 2. The van der Waals surface area contributed by atoms with Gasteiger partial charge in [-0.05, 0) is 36.1 Å². The summed E-state index contributed by atoms with van der Waals surface area (Å²) in [6.07, 6.45) is 1.26. The molecular formula is C19H21FN2O2. The molecule has 0 spiro atoms. The molecule has 0 fully saturated rings. The monoisotopic (exact) mass is 328 g/mol. The molecule has 2 aromatic carbocycles. The fourth-order valence-corrected chi connectivity index (χ4v) is 2.17. The highest BCUT2D eigenvalue weighted by Crippen LogP contribution is 2.27. The van der Waals surface area contributed by atoms with Crippen LogP contribution in [0.5, 0.6) is 5.75 Å². The third-order valence-corrected chi connectivity index (χ3v) is 3.45. The molecule has 0 aliphatic rings. The summed E-state index contributed by atoms with van der Waals surface area (Å²) < 4.78 is 19.0.